The lowest BCUT2D eigenvalue weighted by Gasteiger charge is -2.44. The Balaban J connectivity index is 1.33. The molecular formula is C27H30N4O2. The van der Waals surface area contributed by atoms with E-state index in [0.29, 0.717) is 11.8 Å². The van der Waals surface area contributed by atoms with Crippen LogP contribution in [0.1, 0.15) is 29.0 Å². The molecule has 0 radical (unpaired) electrons. The molecule has 6 nitrogen and oxygen atoms in total. The highest BCUT2D eigenvalue weighted by atomic mass is 16.3. The number of nitrogens with one attached hydrogen (secondary N) is 1. The number of benzene rings is 3. The molecule has 1 amide bonds. The lowest BCUT2D eigenvalue weighted by molar-refractivity contribution is 0.0923. The Bertz CT molecular complexity index is 1110. The molecule has 2 atom stereocenters. The van der Waals surface area contributed by atoms with Crippen LogP contribution in [-0.4, -0.2) is 54.7 Å². The predicted octanol–water partition coefficient (Wildman–Crippen LogP) is 3.85. The number of carbonyl (C=O) groups excluding carboxylic acids is 1. The largest absolute Gasteiger partial charge is 0.508 e. The van der Waals surface area contributed by atoms with Gasteiger partial charge in [0.15, 0.2) is 0 Å². The summed E-state index contributed by atoms with van der Waals surface area (Å²) < 4.78 is 0. The minimum absolute atomic E-state index is 0.0249. The topological polar surface area (TPSA) is 59.1 Å². The van der Waals surface area contributed by atoms with E-state index in [-0.39, 0.29) is 12.1 Å². The highest BCUT2D eigenvalue weighted by Gasteiger charge is 2.33. The summed E-state index contributed by atoms with van der Waals surface area (Å²) in [7, 11) is 0. The van der Waals surface area contributed by atoms with Gasteiger partial charge in [0.05, 0.1) is 11.3 Å². The summed E-state index contributed by atoms with van der Waals surface area (Å²) in [6.07, 6.45) is -0.190. The van der Waals surface area contributed by atoms with Crippen molar-refractivity contribution in [2.45, 2.75) is 19.1 Å². The van der Waals surface area contributed by atoms with E-state index in [9.17, 15) is 9.90 Å². The monoisotopic (exact) mass is 442 g/mol. The van der Waals surface area contributed by atoms with Crippen LogP contribution in [0.3, 0.4) is 0 Å². The number of aromatic hydroxyl groups is 1. The molecule has 2 N–H and O–H groups in total. The van der Waals surface area contributed by atoms with Crippen LogP contribution < -0.4 is 15.1 Å². The van der Waals surface area contributed by atoms with Gasteiger partial charge in [-0.1, -0.05) is 48.5 Å². The number of phenols is 1. The first-order valence-electron chi connectivity index (χ1n) is 11.6. The van der Waals surface area contributed by atoms with Crippen LogP contribution in [-0.2, 0) is 0 Å². The summed E-state index contributed by atoms with van der Waals surface area (Å²) in [6, 6.07) is 25.9. The molecule has 0 spiro atoms. The van der Waals surface area contributed by atoms with E-state index in [2.05, 4.69) is 51.2 Å². The van der Waals surface area contributed by atoms with E-state index < -0.39 is 0 Å². The molecule has 2 heterocycles. The molecule has 1 fully saturated rings. The van der Waals surface area contributed by atoms with Crippen molar-refractivity contribution in [3.63, 3.8) is 0 Å². The fraction of sp³-hybridized carbons (Fsp3) is 0.296. The molecule has 0 saturated carbocycles. The molecule has 170 valence electrons. The third-order valence-electron chi connectivity index (χ3n) is 6.75. The average Bonchev–Trinajstić information content (AvgIpc) is 2.86. The molecule has 2 aliphatic heterocycles. The predicted molar refractivity (Wildman–Crippen MR) is 132 cm³/mol. The third kappa shape index (κ3) is 4.39. The Labute approximate surface area is 195 Å². The number of phenolic OH excluding ortho intramolecular Hbond substituents is 1. The summed E-state index contributed by atoms with van der Waals surface area (Å²) in [5, 5.41) is 13.0. The number of hydrogen-bond acceptors (Lipinski definition) is 5. The number of nitrogens with zero attached hydrogens (tertiary/aromatic N) is 3. The van der Waals surface area contributed by atoms with Gasteiger partial charge in [-0.25, -0.2) is 0 Å². The van der Waals surface area contributed by atoms with Gasteiger partial charge in [-0.2, -0.15) is 0 Å². The van der Waals surface area contributed by atoms with E-state index in [1.165, 1.54) is 0 Å². The third-order valence-corrected chi connectivity index (χ3v) is 6.75. The Morgan fingerprint density at radius 1 is 0.939 bits per heavy atom. The second-order valence-electron chi connectivity index (χ2n) is 8.85. The summed E-state index contributed by atoms with van der Waals surface area (Å²) >= 11 is 0. The Kier molecular flexibility index (Phi) is 5.92. The number of rotatable bonds is 5. The first kappa shape index (κ1) is 21.3. The van der Waals surface area contributed by atoms with E-state index in [0.717, 1.165) is 55.2 Å². The van der Waals surface area contributed by atoms with Crippen LogP contribution in [0.15, 0.2) is 78.9 Å². The summed E-state index contributed by atoms with van der Waals surface area (Å²) in [6.45, 7) is 6.82. The molecule has 3 aromatic rings. The fourth-order valence-electron chi connectivity index (χ4n) is 4.95. The van der Waals surface area contributed by atoms with Crippen molar-refractivity contribution >= 4 is 17.3 Å². The van der Waals surface area contributed by atoms with Crippen molar-refractivity contribution in [2.75, 3.05) is 42.5 Å². The molecule has 33 heavy (non-hydrogen) atoms. The number of para-hydroxylation sites is 1. The first-order chi connectivity index (χ1) is 16.1. The Hall–Kier alpha value is -3.51. The van der Waals surface area contributed by atoms with Gasteiger partial charge < -0.3 is 20.2 Å². The molecule has 2 aliphatic rings. The van der Waals surface area contributed by atoms with Crippen LogP contribution in [0.4, 0.5) is 11.4 Å². The second kappa shape index (κ2) is 9.16. The summed E-state index contributed by atoms with van der Waals surface area (Å²) in [5.74, 6) is 0.282. The van der Waals surface area contributed by atoms with Crippen molar-refractivity contribution in [3.8, 4) is 5.75 Å². The van der Waals surface area contributed by atoms with Gasteiger partial charge in [0.1, 0.15) is 11.9 Å². The molecule has 0 bridgehead atoms. The van der Waals surface area contributed by atoms with Crippen LogP contribution in [0.2, 0.25) is 0 Å². The maximum atomic E-state index is 12.8. The molecule has 1 saturated heterocycles. The quantitative estimate of drug-likeness (QED) is 0.629. The van der Waals surface area contributed by atoms with Crippen molar-refractivity contribution in [1.29, 1.82) is 0 Å². The number of hydrogen-bond donors (Lipinski definition) is 2. The second-order valence-corrected chi connectivity index (χ2v) is 8.85. The smallest absolute Gasteiger partial charge is 0.255 e. The van der Waals surface area contributed by atoms with Crippen molar-refractivity contribution in [2.24, 2.45) is 0 Å². The number of fused-ring (bicyclic) bond motifs is 1. The van der Waals surface area contributed by atoms with Crippen molar-refractivity contribution in [1.82, 2.24) is 10.2 Å². The SMILES string of the molecule is CC(CN1c2ccccc2C(=O)NC1c1ccccc1)N1CCN(c2cccc(O)c2)CC1. The lowest BCUT2D eigenvalue weighted by atomic mass is 10.0. The number of piperazine rings is 1. The van der Waals surface area contributed by atoms with Gasteiger partial charge in [-0.3, -0.25) is 9.69 Å². The van der Waals surface area contributed by atoms with Gasteiger partial charge in [-0.15, -0.1) is 0 Å². The number of carbonyl (C=O) groups is 1. The zero-order valence-electron chi connectivity index (χ0n) is 18.9. The standard InChI is InChI=1S/C27H30N4O2/c1-20(29-14-16-30(17-15-29)22-10-7-11-23(32)18-22)19-31-25-13-6-5-12-24(25)27(33)28-26(31)21-8-3-2-4-9-21/h2-13,18,20,26,32H,14-17,19H2,1H3,(H,28,33). The highest BCUT2D eigenvalue weighted by molar-refractivity contribution is 6.02. The van der Waals surface area contributed by atoms with Crippen LogP contribution in [0, 0.1) is 0 Å². The van der Waals surface area contributed by atoms with Gasteiger partial charge in [-0.05, 0) is 36.8 Å². The Morgan fingerprint density at radius 3 is 2.42 bits per heavy atom. The van der Waals surface area contributed by atoms with E-state index in [4.69, 9.17) is 0 Å². The maximum absolute atomic E-state index is 12.8. The van der Waals surface area contributed by atoms with E-state index >= 15 is 0 Å². The molecular weight excluding hydrogens is 412 g/mol. The van der Waals surface area contributed by atoms with Gasteiger partial charge in [0.25, 0.3) is 5.91 Å². The minimum Gasteiger partial charge on any atom is -0.508 e. The lowest BCUT2D eigenvalue weighted by Crippen LogP contribution is -2.55. The van der Waals surface area contributed by atoms with E-state index in [1.807, 2.05) is 48.5 Å². The maximum Gasteiger partial charge on any atom is 0.255 e. The molecule has 5 rings (SSSR count). The van der Waals surface area contributed by atoms with Crippen LogP contribution in [0.25, 0.3) is 0 Å². The number of amides is 1. The number of anilines is 2. The average molecular weight is 443 g/mol. The fourth-order valence-corrected chi connectivity index (χ4v) is 4.95. The summed E-state index contributed by atoms with van der Waals surface area (Å²) in [4.78, 5) is 20.0. The molecule has 0 aliphatic carbocycles. The first-order valence-corrected chi connectivity index (χ1v) is 11.6. The normalized spacial score (nSPS) is 19.7. The van der Waals surface area contributed by atoms with Gasteiger partial charge in [0.2, 0.25) is 0 Å². The zero-order valence-corrected chi connectivity index (χ0v) is 18.9. The van der Waals surface area contributed by atoms with Crippen LogP contribution in [0.5, 0.6) is 5.75 Å². The Morgan fingerprint density at radius 2 is 1.67 bits per heavy atom. The molecule has 6 heteroatoms. The van der Waals surface area contributed by atoms with Crippen molar-refractivity contribution < 1.29 is 9.90 Å². The molecule has 0 aromatic heterocycles. The van der Waals surface area contributed by atoms with Gasteiger partial charge >= 0.3 is 0 Å². The van der Waals surface area contributed by atoms with Gasteiger partial charge in [0, 0.05) is 50.5 Å². The molecule has 3 aromatic carbocycles. The zero-order chi connectivity index (χ0) is 22.8. The highest BCUT2D eigenvalue weighted by Crippen LogP contribution is 2.33. The molecule has 2 unspecified atom stereocenters. The summed E-state index contributed by atoms with van der Waals surface area (Å²) in [5.41, 5.74) is 3.87. The van der Waals surface area contributed by atoms with Crippen molar-refractivity contribution in [3.05, 3.63) is 90.0 Å². The van der Waals surface area contributed by atoms with E-state index in [1.54, 1.807) is 6.07 Å². The van der Waals surface area contributed by atoms with Crippen LogP contribution >= 0.6 is 0 Å². The minimum atomic E-state index is -0.190.